The standard InChI is InChI=1S/C8H9ClN2O4S/c9-6-1-3-10-5-7(6)11-16(14,15)4-2-8(12)13/h1,3,5,11H,2,4H2,(H,12,13). The fourth-order valence-corrected chi connectivity index (χ4v) is 2.14. The van der Waals surface area contributed by atoms with Crippen molar-refractivity contribution in [1.82, 2.24) is 4.98 Å². The van der Waals surface area contributed by atoms with E-state index >= 15 is 0 Å². The third kappa shape index (κ3) is 4.03. The quantitative estimate of drug-likeness (QED) is 0.825. The molecule has 1 aromatic heterocycles. The van der Waals surface area contributed by atoms with Crippen LogP contribution in [0.3, 0.4) is 0 Å². The maximum absolute atomic E-state index is 11.4. The molecule has 0 aliphatic heterocycles. The van der Waals surface area contributed by atoms with Crippen molar-refractivity contribution < 1.29 is 18.3 Å². The number of hydrogen-bond donors (Lipinski definition) is 2. The Balaban J connectivity index is 2.73. The van der Waals surface area contributed by atoms with E-state index in [2.05, 4.69) is 9.71 Å². The van der Waals surface area contributed by atoms with E-state index in [0.29, 0.717) is 0 Å². The fourth-order valence-electron chi connectivity index (χ4n) is 0.893. The number of carboxylic acids is 1. The Hall–Kier alpha value is -1.34. The minimum atomic E-state index is -3.71. The van der Waals surface area contributed by atoms with Gasteiger partial charge in [0.05, 0.1) is 29.1 Å². The molecule has 0 fully saturated rings. The van der Waals surface area contributed by atoms with Gasteiger partial charge in [0.25, 0.3) is 0 Å². The van der Waals surface area contributed by atoms with Gasteiger partial charge in [-0.3, -0.25) is 14.5 Å². The molecule has 0 bridgehead atoms. The molecule has 16 heavy (non-hydrogen) atoms. The molecule has 0 atom stereocenters. The summed E-state index contributed by atoms with van der Waals surface area (Å²) in [6, 6.07) is 1.43. The maximum atomic E-state index is 11.4. The first kappa shape index (κ1) is 12.7. The van der Waals surface area contributed by atoms with Crippen molar-refractivity contribution in [3.8, 4) is 0 Å². The van der Waals surface area contributed by atoms with Crippen LogP contribution in [0.2, 0.25) is 5.02 Å². The van der Waals surface area contributed by atoms with E-state index in [1.807, 2.05) is 0 Å². The summed E-state index contributed by atoms with van der Waals surface area (Å²) in [6.45, 7) is 0. The summed E-state index contributed by atoms with van der Waals surface area (Å²) in [6.07, 6.45) is 2.20. The molecule has 0 spiro atoms. The molecule has 0 aromatic carbocycles. The number of halogens is 1. The van der Waals surface area contributed by atoms with E-state index in [9.17, 15) is 13.2 Å². The van der Waals surface area contributed by atoms with Crippen LogP contribution in [0.25, 0.3) is 0 Å². The Kier molecular flexibility index (Phi) is 4.08. The number of aliphatic carboxylic acids is 1. The topological polar surface area (TPSA) is 96.4 Å². The van der Waals surface area contributed by atoms with E-state index in [1.165, 1.54) is 18.5 Å². The van der Waals surface area contributed by atoms with E-state index < -0.39 is 28.2 Å². The molecule has 0 saturated carbocycles. The molecule has 6 nitrogen and oxygen atoms in total. The molecule has 1 aromatic rings. The second-order valence-corrected chi connectivity index (χ2v) is 5.17. The van der Waals surface area contributed by atoms with E-state index in [4.69, 9.17) is 16.7 Å². The zero-order chi connectivity index (χ0) is 12.2. The average molecular weight is 265 g/mol. The van der Waals surface area contributed by atoms with Gasteiger partial charge in [0, 0.05) is 6.20 Å². The van der Waals surface area contributed by atoms with Crippen LogP contribution in [0.4, 0.5) is 5.69 Å². The Bertz CT molecular complexity index is 489. The molecule has 0 amide bonds. The van der Waals surface area contributed by atoms with Crippen LogP contribution in [0, 0.1) is 0 Å². The van der Waals surface area contributed by atoms with Gasteiger partial charge >= 0.3 is 5.97 Å². The molecule has 2 N–H and O–H groups in total. The number of nitrogens with zero attached hydrogens (tertiary/aromatic N) is 1. The zero-order valence-electron chi connectivity index (χ0n) is 8.05. The molecule has 8 heteroatoms. The third-order valence-corrected chi connectivity index (χ3v) is 3.22. The number of rotatable bonds is 5. The van der Waals surface area contributed by atoms with E-state index in [0.717, 1.165) is 0 Å². The fraction of sp³-hybridized carbons (Fsp3) is 0.250. The number of pyridine rings is 1. The van der Waals surface area contributed by atoms with Crippen molar-refractivity contribution >= 4 is 33.3 Å². The highest BCUT2D eigenvalue weighted by Gasteiger charge is 2.14. The lowest BCUT2D eigenvalue weighted by molar-refractivity contribution is -0.136. The molecule has 0 saturated heterocycles. The number of aromatic nitrogens is 1. The smallest absolute Gasteiger partial charge is 0.304 e. The predicted molar refractivity (Wildman–Crippen MR) is 58.9 cm³/mol. The number of anilines is 1. The highest BCUT2D eigenvalue weighted by molar-refractivity contribution is 7.92. The summed E-state index contributed by atoms with van der Waals surface area (Å²) in [5.41, 5.74) is 0.134. The number of nitrogens with one attached hydrogen (secondary N) is 1. The van der Waals surface area contributed by atoms with Crippen LogP contribution >= 0.6 is 11.6 Å². The average Bonchev–Trinajstić information content (AvgIpc) is 2.19. The third-order valence-electron chi connectivity index (χ3n) is 1.62. The van der Waals surface area contributed by atoms with Gasteiger partial charge in [-0.1, -0.05) is 11.6 Å². The summed E-state index contributed by atoms with van der Waals surface area (Å²) in [5.74, 6) is -1.68. The Labute approximate surface area is 97.3 Å². The molecule has 1 heterocycles. The van der Waals surface area contributed by atoms with Crippen molar-refractivity contribution in [2.75, 3.05) is 10.5 Å². The van der Waals surface area contributed by atoms with Gasteiger partial charge in [0.1, 0.15) is 0 Å². The minimum absolute atomic E-state index is 0.134. The Morgan fingerprint density at radius 2 is 2.25 bits per heavy atom. The molecule has 1 rings (SSSR count). The van der Waals surface area contributed by atoms with Crippen LogP contribution in [-0.4, -0.2) is 30.2 Å². The highest BCUT2D eigenvalue weighted by Crippen LogP contribution is 2.20. The normalized spacial score (nSPS) is 11.1. The van der Waals surface area contributed by atoms with Crippen molar-refractivity contribution in [2.45, 2.75) is 6.42 Å². The Morgan fingerprint density at radius 1 is 1.56 bits per heavy atom. The number of carboxylic acid groups (broad SMARTS) is 1. The molecule has 0 radical (unpaired) electrons. The van der Waals surface area contributed by atoms with Gasteiger partial charge in [-0.2, -0.15) is 0 Å². The van der Waals surface area contributed by atoms with Crippen LogP contribution in [0.1, 0.15) is 6.42 Å². The molecular weight excluding hydrogens is 256 g/mol. The van der Waals surface area contributed by atoms with Gasteiger partial charge in [-0.05, 0) is 6.07 Å². The lowest BCUT2D eigenvalue weighted by atomic mass is 10.4. The second-order valence-electron chi connectivity index (χ2n) is 2.92. The predicted octanol–water partition coefficient (Wildman–Crippen LogP) is 0.951. The number of hydrogen-bond acceptors (Lipinski definition) is 4. The van der Waals surface area contributed by atoms with Gasteiger partial charge in [-0.25, -0.2) is 8.42 Å². The molecular formula is C8H9ClN2O4S. The summed E-state index contributed by atoms with van der Waals surface area (Å²) in [5, 5.41) is 8.57. The van der Waals surface area contributed by atoms with Gasteiger partial charge in [0.15, 0.2) is 0 Å². The van der Waals surface area contributed by atoms with Crippen molar-refractivity contribution in [3.63, 3.8) is 0 Å². The summed E-state index contributed by atoms with van der Waals surface area (Å²) in [7, 11) is -3.71. The van der Waals surface area contributed by atoms with Crippen LogP contribution in [0.5, 0.6) is 0 Å². The van der Waals surface area contributed by atoms with Gasteiger partial charge in [-0.15, -0.1) is 0 Å². The lowest BCUT2D eigenvalue weighted by Gasteiger charge is -2.07. The molecule has 0 unspecified atom stereocenters. The SMILES string of the molecule is O=C(O)CCS(=O)(=O)Nc1cnccc1Cl. The van der Waals surface area contributed by atoms with Crippen molar-refractivity contribution in [3.05, 3.63) is 23.5 Å². The molecule has 88 valence electrons. The zero-order valence-corrected chi connectivity index (χ0v) is 9.62. The van der Waals surface area contributed by atoms with Gasteiger partial charge in [0.2, 0.25) is 10.0 Å². The van der Waals surface area contributed by atoms with E-state index in [-0.39, 0.29) is 10.7 Å². The summed E-state index contributed by atoms with van der Waals surface area (Å²) >= 11 is 5.71. The van der Waals surface area contributed by atoms with Crippen LogP contribution in [0.15, 0.2) is 18.5 Å². The lowest BCUT2D eigenvalue weighted by Crippen LogP contribution is -2.19. The number of sulfonamides is 1. The molecule has 0 aliphatic rings. The molecule has 0 aliphatic carbocycles. The van der Waals surface area contributed by atoms with Gasteiger partial charge < -0.3 is 5.11 Å². The minimum Gasteiger partial charge on any atom is -0.481 e. The highest BCUT2D eigenvalue weighted by atomic mass is 35.5. The van der Waals surface area contributed by atoms with E-state index in [1.54, 1.807) is 0 Å². The Morgan fingerprint density at radius 3 is 2.81 bits per heavy atom. The number of carbonyl (C=O) groups is 1. The summed E-state index contributed by atoms with van der Waals surface area (Å²) < 4.78 is 24.9. The summed E-state index contributed by atoms with van der Waals surface area (Å²) in [4.78, 5) is 13.9. The van der Waals surface area contributed by atoms with Crippen molar-refractivity contribution in [1.29, 1.82) is 0 Å². The second kappa shape index (κ2) is 5.13. The van der Waals surface area contributed by atoms with Crippen molar-refractivity contribution in [2.24, 2.45) is 0 Å². The maximum Gasteiger partial charge on any atom is 0.304 e. The first-order chi connectivity index (χ1) is 7.41. The largest absolute Gasteiger partial charge is 0.481 e. The van der Waals surface area contributed by atoms with Crippen LogP contribution < -0.4 is 4.72 Å². The first-order valence-corrected chi connectivity index (χ1v) is 6.25. The monoisotopic (exact) mass is 264 g/mol. The van der Waals surface area contributed by atoms with Crippen LogP contribution in [-0.2, 0) is 14.8 Å². The first-order valence-electron chi connectivity index (χ1n) is 4.22.